The fourth-order valence-electron chi connectivity index (χ4n) is 2.56. The van der Waals surface area contributed by atoms with Gasteiger partial charge in [-0.3, -0.25) is 4.79 Å². The Balaban J connectivity index is 2.06. The van der Waals surface area contributed by atoms with Crippen molar-refractivity contribution >= 4 is 23.6 Å². The van der Waals surface area contributed by atoms with E-state index in [1.807, 2.05) is 37.3 Å². The zero-order valence-electron chi connectivity index (χ0n) is 19.3. The fourth-order valence-corrected chi connectivity index (χ4v) is 2.56. The number of benzene rings is 2. The predicted molar refractivity (Wildman–Crippen MR) is 121 cm³/mol. The molecule has 9 nitrogen and oxygen atoms in total. The molecule has 0 radical (unpaired) electrons. The standard InChI is InChI=1S/C24H28N2O7/c1-16-10-6-9-13-20(16)31-15-17-11-7-8-12-18(17)21(26-30-5)19(27)14-25-23(29)33-32-22(28)24(2,3)4/h6-13H,14-15H2,1-5H3,(H,25,29). The van der Waals surface area contributed by atoms with Gasteiger partial charge in [0.1, 0.15) is 19.5 Å². The largest absolute Gasteiger partial charge is 0.489 e. The van der Waals surface area contributed by atoms with E-state index < -0.39 is 29.8 Å². The van der Waals surface area contributed by atoms with Crippen LogP contribution in [-0.4, -0.2) is 37.2 Å². The minimum absolute atomic E-state index is 0.00605. The van der Waals surface area contributed by atoms with E-state index in [9.17, 15) is 14.4 Å². The minimum atomic E-state index is -1.09. The maximum atomic E-state index is 12.8. The highest BCUT2D eigenvalue weighted by molar-refractivity contribution is 6.47. The van der Waals surface area contributed by atoms with E-state index in [0.29, 0.717) is 11.1 Å². The number of amides is 1. The van der Waals surface area contributed by atoms with E-state index in [-0.39, 0.29) is 12.3 Å². The normalized spacial score (nSPS) is 11.4. The van der Waals surface area contributed by atoms with Gasteiger partial charge in [0, 0.05) is 5.56 Å². The molecule has 0 aliphatic carbocycles. The molecule has 0 spiro atoms. The number of ketones is 1. The Kier molecular flexibility index (Phi) is 8.97. The Morgan fingerprint density at radius 3 is 2.30 bits per heavy atom. The van der Waals surface area contributed by atoms with Gasteiger partial charge in [-0.1, -0.05) is 47.6 Å². The summed E-state index contributed by atoms with van der Waals surface area (Å²) < 4.78 is 5.91. The van der Waals surface area contributed by atoms with Crippen molar-refractivity contribution in [3.8, 4) is 5.75 Å². The summed E-state index contributed by atoms with van der Waals surface area (Å²) in [5.41, 5.74) is 1.32. The lowest BCUT2D eigenvalue weighted by molar-refractivity contribution is -0.240. The smallest absolute Gasteiger partial charge is 0.450 e. The number of ether oxygens (including phenoxy) is 1. The third-order valence-electron chi connectivity index (χ3n) is 4.39. The minimum Gasteiger partial charge on any atom is -0.489 e. The van der Waals surface area contributed by atoms with Crippen molar-refractivity contribution in [2.45, 2.75) is 34.3 Å². The number of rotatable bonds is 8. The van der Waals surface area contributed by atoms with Crippen molar-refractivity contribution in [3.63, 3.8) is 0 Å². The molecule has 0 aromatic heterocycles. The molecule has 0 aliphatic heterocycles. The van der Waals surface area contributed by atoms with Gasteiger partial charge in [-0.2, -0.15) is 0 Å². The van der Waals surface area contributed by atoms with Gasteiger partial charge in [0.15, 0.2) is 5.71 Å². The Morgan fingerprint density at radius 1 is 0.970 bits per heavy atom. The molecule has 0 atom stereocenters. The number of nitrogens with one attached hydrogen (secondary N) is 1. The van der Waals surface area contributed by atoms with Crippen LogP contribution in [0.15, 0.2) is 53.7 Å². The summed E-state index contributed by atoms with van der Waals surface area (Å²) in [4.78, 5) is 50.0. The second kappa shape index (κ2) is 11.7. The molecule has 2 aromatic carbocycles. The van der Waals surface area contributed by atoms with E-state index in [2.05, 4.69) is 20.2 Å². The van der Waals surface area contributed by atoms with Gasteiger partial charge in [0.05, 0.1) is 12.0 Å². The van der Waals surface area contributed by atoms with Crippen molar-refractivity contribution < 1.29 is 33.7 Å². The highest BCUT2D eigenvalue weighted by atomic mass is 17.2. The first-order chi connectivity index (χ1) is 15.6. The van der Waals surface area contributed by atoms with Crippen molar-refractivity contribution in [2.24, 2.45) is 10.6 Å². The topological polar surface area (TPSA) is 113 Å². The highest BCUT2D eigenvalue weighted by Gasteiger charge is 2.26. The Morgan fingerprint density at radius 2 is 1.64 bits per heavy atom. The summed E-state index contributed by atoms with van der Waals surface area (Å²) >= 11 is 0. The van der Waals surface area contributed by atoms with Crippen LogP contribution in [0.5, 0.6) is 5.75 Å². The van der Waals surface area contributed by atoms with Gasteiger partial charge in [-0.15, -0.1) is 0 Å². The molecular weight excluding hydrogens is 428 g/mol. The van der Waals surface area contributed by atoms with E-state index in [0.717, 1.165) is 11.3 Å². The van der Waals surface area contributed by atoms with Crippen molar-refractivity contribution in [2.75, 3.05) is 13.7 Å². The lowest BCUT2D eigenvalue weighted by Crippen LogP contribution is -2.35. The van der Waals surface area contributed by atoms with Gasteiger partial charge in [0.25, 0.3) is 0 Å². The lowest BCUT2D eigenvalue weighted by atomic mass is 9.98. The Labute approximate surface area is 192 Å². The summed E-state index contributed by atoms with van der Waals surface area (Å²) in [5, 5.41) is 6.07. The number of carbonyl (C=O) groups excluding carboxylic acids is 3. The third kappa shape index (κ3) is 7.64. The first kappa shape index (κ1) is 25.4. The second-order valence-corrected chi connectivity index (χ2v) is 8.10. The molecule has 1 N–H and O–H groups in total. The molecule has 0 heterocycles. The van der Waals surface area contributed by atoms with Crippen LogP contribution in [0, 0.1) is 12.3 Å². The summed E-state index contributed by atoms with van der Waals surface area (Å²) in [6.45, 7) is 6.48. The molecule has 0 saturated carbocycles. The van der Waals surface area contributed by atoms with Crippen LogP contribution in [0.1, 0.15) is 37.5 Å². The molecule has 33 heavy (non-hydrogen) atoms. The Bertz CT molecular complexity index is 1030. The van der Waals surface area contributed by atoms with Crippen molar-refractivity contribution in [1.29, 1.82) is 0 Å². The molecular formula is C24H28N2O7. The van der Waals surface area contributed by atoms with E-state index >= 15 is 0 Å². The third-order valence-corrected chi connectivity index (χ3v) is 4.39. The number of aryl methyl sites for hydroxylation is 1. The van der Waals surface area contributed by atoms with Gasteiger partial charge >= 0.3 is 12.1 Å². The zero-order valence-corrected chi connectivity index (χ0v) is 19.3. The van der Waals surface area contributed by atoms with Crippen LogP contribution in [0.2, 0.25) is 0 Å². The quantitative estimate of drug-likeness (QED) is 0.366. The number of oxime groups is 1. The average molecular weight is 456 g/mol. The highest BCUT2D eigenvalue weighted by Crippen LogP contribution is 2.20. The summed E-state index contributed by atoms with van der Waals surface area (Å²) in [7, 11) is 1.31. The van der Waals surface area contributed by atoms with Crippen LogP contribution in [0.3, 0.4) is 0 Å². The summed E-state index contributed by atoms with van der Waals surface area (Å²) in [6, 6.07) is 14.7. The molecule has 0 saturated heterocycles. The lowest BCUT2D eigenvalue weighted by Gasteiger charge is -2.15. The molecule has 0 fully saturated rings. The number of hydrogen-bond acceptors (Lipinski definition) is 8. The molecule has 0 unspecified atom stereocenters. The maximum absolute atomic E-state index is 12.8. The Hall–Kier alpha value is -3.88. The van der Waals surface area contributed by atoms with Crippen molar-refractivity contribution in [1.82, 2.24) is 5.32 Å². The monoisotopic (exact) mass is 456 g/mol. The van der Waals surface area contributed by atoms with Crippen LogP contribution in [-0.2, 0) is 30.8 Å². The number of para-hydroxylation sites is 1. The van der Waals surface area contributed by atoms with Crippen LogP contribution >= 0.6 is 0 Å². The van der Waals surface area contributed by atoms with Gasteiger partial charge in [-0.25, -0.2) is 19.4 Å². The van der Waals surface area contributed by atoms with Crippen LogP contribution < -0.4 is 10.1 Å². The predicted octanol–water partition coefficient (Wildman–Crippen LogP) is 3.72. The average Bonchev–Trinajstić information content (AvgIpc) is 2.78. The van der Waals surface area contributed by atoms with E-state index in [1.165, 1.54) is 7.11 Å². The molecule has 2 rings (SSSR count). The van der Waals surface area contributed by atoms with Crippen LogP contribution in [0.25, 0.3) is 0 Å². The number of Topliss-reactive ketones (excluding diaryl/α,β-unsaturated/α-hetero) is 1. The van der Waals surface area contributed by atoms with Crippen LogP contribution in [0.4, 0.5) is 4.79 Å². The molecule has 0 aliphatic rings. The molecule has 9 heteroatoms. The molecule has 0 bridgehead atoms. The van der Waals surface area contributed by atoms with E-state index in [1.54, 1.807) is 39.0 Å². The molecule has 176 valence electrons. The van der Waals surface area contributed by atoms with Crippen molar-refractivity contribution in [3.05, 3.63) is 65.2 Å². The second-order valence-electron chi connectivity index (χ2n) is 8.10. The first-order valence-corrected chi connectivity index (χ1v) is 10.2. The van der Waals surface area contributed by atoms with Gasteiger partial charge in [0.2, 0.25) is 5.78 Å². The molecule has 1 amide bonds. The SMILES string of the molecule is CON=C(C(=O)CNC(=O)OOC(=O)C(C)(C)C)c1ccccc1COc1ccccc1C. The number of carbonyl (C=O) groups is 3. The maximum Gasteiger partial charge on any atom is 0.450 e. The summed E-state index contributed by atoms with van der Waals surface area (Å²) in [5.74, 6) is -0.550. The van der Waals surface area contributed by atoms with Gasteiger partial charge in [-0.05, 0) is 44.9 Å². The first-order valence-electron chi connectivity index (χ1n) is 10.2. The number of nitrogens with zero attached hydrogens (tertiary/aromatic N) is 1. The fraction of sp³-hybridized carbons (Fsp3) is 0.333. The van der Waals surface area contributed by atoms with Gasteiger partial charge < -0.3 is 14.9 Å². The number of hydrogen-bond donors (Lipinski definition) is 1. The van der Waals surface area contributed by atoms with E-state index in [4.69, 9.17) is 9.57 Å². The summed E-state index contributed by atoms with van der Waals surface area (Å²) in [6.07, 6.45) is -1.09. The molecule has 2 aromatic rings. The zero-order chi connectivity index (χ0) is 24.4.